The lowest BCUT2D eigenvalue weighted by atomic mass is 10.0. The number of nitrogens with one attached hydrogen (secondary N) is 1. The number of hydrogen-bond acceptors (Lipinski definition) is 3. The second kappa shape index (κ2) is 7.70. The molecule has 0 unspecified atom stereocenters. The van der Waals surface area contributed by atoms with Crippen LogP contribution in [0.3, 0.4) is 0 Å². The maximum atomic E-state index is 11.4. The molecule has 2 aromatic carbocycles. The number of aromatic nitrogens is 1. The van der Waals surface area contributed by atoms with Crippen LogP contribution >= 0.6 is 11.6 Å². The summed E-state index contributed by atoms with van der Waals surface area (Å²) in [5.41, 5.74) is 3.11. The maximum Gasteiger partial charge on any atom is 0.307 e. The van der Waals surface area contributed by atoms with Gasteiger partial charge in [0.2, 0.25) is 0 Å². The Morgan fingerprint density at radius 1 is 1.08 bits per heavy atom. The van der Waals surface area contributed by atoms with Crippen molar-refractivity contribution in [3.8, 4) is 22.8 Å². The van der Waals surface area contributed by atoms with Crippen LogP contribution in [0.25, 0.3) is 22.2 Å². The molecule has 0 atom stereocenters. The largest absolute Gasteiger partial charge is 0.490 e. The average Bonchev–Trinajstić information content (AvgIpc) is 2.94. The smallest absolute Gasteiger partial charge is 0.307 e. The molecule has 5 nitrogen and oxygen atoms in total. The molecule has 0 aliphatic carbocycles. The van der Waals surface area contributed by atoms with E-state index < -0.39 is 5.97 Å². The highest BCUT2D eigenvalue weighted by Gasteiger charge is 2.18. The Bertz CT molecular complexity index is 948. The van der Waals surface area contributed by atoms with Crippen molar-refractivity contribution in [1.82, 2.24) is 4.98 Å². The number of carbonyl (C=O) groups is 1. The molecule has 3 aromatic rings. The predicted molar refractivity (Wildman–Crippen MR) is 102 cm³/mol. The van der Waals surface area contributed by atoms with Gasteiger partial charge in [0.05, 0.1) is 25.3 Å². The van der Waals surface area contributed by atoms with E-state index in [2.05, 4.69) is 4.98 Å². The second-order valence-electron chi connectivity index (χ2n) is 5.77. The molecule has 0 saturated carbocycles. The number of rotatable bonds is 7. The van der Waals surface area contributed by atoms with Crippen LogP contribution < -0.4 is 9.47 Å². The van der Waals surface area contributed by atoms with Gasteiger partial charge >= 0.3 is 5.97 Å². The fraction of sp³-hybridized carbons (Fsp3) is 0.250. The van der Waals surface area contributed by atoms with E-state index in [1.54, 1.807) is 12.1 Å². The molecule has 1 aromatic heterocycles. The van der Waals surface area contributed by atoms with Crippen molar-refractivity contribution in [1.29, 1.82) is 0 Å². The van der Waals surface area contributed by atoms with Crippen LogP contribution in [-0.4, -0.2) is 29.3 Å². The number of hydrogen-bond donors (Lipinski definition) is 2. The van der Waals surface area contributed by atoms with Crippen LogP contribution in [0, 0.1) is 0 Å². The van der Waals surface area contributed by atoms with E-state index in [9.17, 15) is 9.90 Å². The van der Waals surface area contributed by atoms with E-state index in [1.807, 2.05) is 38.1 Å². The number of halogens is 1. The molecular formula is C20H20ClNO4. The number of aromatic amines is 1. The zero-order chi connectivity index (χ0) is 18.7. The Kier molecular flexibility index (Phi) is 5.38. The molecule has 1 heterocycles. The van der Waals surface area contributed by atoms with Gasteiger partial charge in [-0.2, -0.15) is 0 Å². The summed E-state index contributed by atoms with van der Waals surface area (Å²) in [6.45, 7) is 4.86. The van der Waals surface area contributed by atoms with E-state index in [1.165, 1.54) is 0 Å². The van der Waals surface area contributed by atoms with Crippen molar-refractivity contribution in [2.45, 2.75) is 20.3 Å². The first kappa shape index (κ1) is 18.1. The maximum absolute atomic E-state index is 11.4. The van der Waals surface area contributed by atoms with Gasteiger partial charge in [0.25, 0.3) is 0 Å². The highest BCUT2D eigenvalue weighted by molar-refractivity contribution is 6.31. The van der Waals surface area contributed by atoms with Crippen LogP contribution in [0.5, 0.6) is 11.5 Å². The van der Waals surface area contributed by atoms with Crippen LogP contribution in [0.1, 0.15) is 19.4 Å². The molecule has 2 N–H and O–H groups in total. The van der Waals surface area contributed by atoms with Crippen molar-refractivity contribution < 1.29 is 19.4 Å². The summed E-state index contributed by atoms with van der Waals surface area (Å²) < 4.78 is 11.3. The van der Waals surface area contributed by atoms with Crippen molar-refractivity contribution in [3.05, 3.63) is 47.0 Å². The van der Waals surface area contributed by atoms with Crippen LogP contribution in [-0.2, 0) is 11.2 Å². The molecule has 3 rings (SSSR count). The standard InChI is InChI=1S/C20H20ClNO4/c1-3-25-17-8-5-12(9-18(17)26-4-2)20-15(11-19(23)24)14-10-13(21)6-7-16(14)22-20/h5-10,22H,3-4,11H2,1-2H3,(H,23,24). The van der Waals surface area contributed by atoms with Gasteiger partial charge in [-0.05, 0) is 55.8 Å². The van der Waals surface area contributed by atoms with E-state index >= 15 is 0 Å². The summed E-state index contributed by atoms with van der Waals surface area (Å²) in [5, 5.41) is 10.7. The summed E-state index contributed by atoms with van der Waals surface area (Å²) in [5.74, 6) is 0.393. The van der Waals surface area contributed by atoms with E-state index in [0.717, 1.165) is 22.2 Å². The summed E-state index contributed by atoms with van der Waals surface area (Å²) in [4.78, 5) is 14.7. The topological polar surface area (TPSA) is 71.6 Å². The highest BCUT2D eigenvalue weighted by atomic mass is 35.5. The van der Waals surface area contributed by atoms with Gasteiger partial charge < -0.3 is 19.6 Å². The predicted octanol–water partition coefficient (Wildman–Crippen LogP) is 4.91. The Morgan fingerprint density at radius 3 is 2.50 bits per heavy atom. The Balaban J connectivity index is 2.17. The third kappa shape index (κ3) is 3.63. The van der Waals surface area contributed by atoms with Gasteiger partial charge in [-0.15, -0.1) is 0 Å². The normalized spacial score (nSPS) is 10.9. The molecule has 0 spiro atoms. The monoisotopic (exact) mass is 373 g/mol. The minimum absolute atomic E-state index is 0.104. The molecule has 6 heteroatoms. The molecule has 0 amide bonds. The van der Waals surface area contributed by atoms with Gasteiger partial charge in [0.15, 0.2) is 11.5 Å². The van der Waals surface area contributed by atoms with Gasteiger partial charge in [0.1, 0.15) is 0 Å². The molecule has 136 valence electrons. The number of carboxylic acids is 1. The van der Waals surface area contributed by atoms with E-state index in [-0.39, 0.29) is 6.42 Å². The molecule has 0 fully saturated rings. The number of benzene rings is 2. The SMILES string of the molecule is CCOc1ccc(-c2[nH]c3ccc(Cl)cc3c2CC(=O)O)cc1OCC. The third-order valence-corrected chi connectivity index (χ3v) is 4.26. The van der Waals surface area contributed by atoms with Gasteiger partial charge in [-0.25, -0.2) is 0 Å². The van der Waals surface area contributed by atoms with Crippen LogP contribution in [0.4, 0.5) is 0 Å². The van der Waals surface area contributed by atoms with Crippen molar-refractivity contribution in [3.63, 3.8) is 0 Å². The summed E-state index contributed by atoms with van der Waals surface area (Å²) >= 11 is 6.11. The molecule has 0 radical (unpaired) electrons. The van der Waals surface area contributed by atoms with Crippen molar-refractivity contribution >= 4 is 28.5 Å². The lowest BCUT2D eigenvalue weighted by molar-refractivity contribution is -0.136. The Morgan fingerprint density at radius 2 is 1.81 bits per heavy atom. The number of H-pyrrole nitrogens is 1. The van der Waals surface area contributed by atoms with Crippen LogP contribution in [0.15, 0.2) is 36.4 Å². The average molecular weight is 374 g/mol. The minimum atomic E-state index is -0.900. The summed E-state index contributed by atoms with van der Waals surface area (Å²) in [7, 11) is 0. The first-order valence-electron chi connectivity index (χ1n) is 8.45. The van der Waals surface area contributed by atoms with Crippen LogP contribution in [0.2, 0.25) is 5.02 Å². The van der Waals surface area contributed by atoms with E-state index in [4.69, 9.17) is 21.1 Å². The van der Waals surface area contributed by atoms with Gasteiger partial charge in [-0.1, -0.05) is 11.6 Å². The number of aliphatic carboxylic acids is 1. The lowest BCUT2D eigenvalue weighted by Crippen LogP contribution is -2.02. The highest BCUT2D eigenvalue weighted by Crippen LogP contribution is 2.37. The fourth-order valence-electron chi connectivity index (χ4n) is 3.01. The van der Waals surface area contributed by atoms with Crippen molar-refractivity contribution in [2.24, 2.45) is 0 Å². The zero-order valence-electron chi connectivity index (χ0n) is 14.6. The lowest BCUT2D eigenvalue weighted by Gasteiger charge is -2.12. The Labute approximate surface area is 156 Å². The molecule has 26 heavy (non-hydrogen) atoms. The van der Waals surface area contributed by atoms with Gasteiger partial charge in [0, 0.05) is 21.5 Å². The third-order valence-electron chi connectivity index (χ3n) is 4.03. The molecule has 0 aliphatic heterocycles. The second-order valence-corrected chi connectivity index (χ2v) is 6.20. The first-order chi connectivity index (χ1) is 12.5. The number of carboxylic acid groups (broad SMARTS) is 1. The van der Waals surface area contributed by atoms with E-state index in [0.29, 0.717) is 35.3 Å². The van der Waals surface area contributed by atoms with Crippen molar-refractivity contribution in [2.75, 3.05) is 13.2 Å². The zero-order valence-corrected chi connectivity index (χ0v) is 15.4. The summed E-state index contributed by atoms with van der Waals surface area (Å²) in [6.07, 6.45) is -0.104. The minimum Gasteiger partial charge on any atom is -0.490 e. The number of ether oxygens (including phenoxy) is 2. The van der Waals surface area contributed by atoms with Gasteiger partial charge in [-0.3, -0.25) is 4.79 Å². The summed E-state index contributed by atoms with van der Waals surface area (Å²) in [6, 6.07) is 11.0. The molecule has 0 bridgehead atoms. The Hall–Kier alpha value is -2.66. The molecular weight excluding hydrogens is 354 g/mol. The molecule has 0 aliphatic rings. The molecule has 0 saturated heterocycles. The number of fused-ring (bicyclic) bond motifs is 1. The quantitative estimate of drug-likeness (QED) is 0.617. The first-order valence-corrected chi connectivity index (χ1v) is 8.83. The fourth-order valence-corrected chi connectivity index (χ4v) is 3.18.